The van der Waals surface area contributed by atoms with Crippen LogP contribution in [0.5, 0.6) is 0 Å². The minimum atomic E-state index is -0.491. The van der Waals surface area contributed by atoms with Gasteiger partial charge in [0.25, 0.3) is 0 Å². The number of piperazine rings is 2. The molecule has 282 valence electrons. The average molecular weight is 717 g/mol. The van der Waals surface area contributed by atoms with Crippen molar-refractivity contribution in [3.63, 3.8) is 0 Å². The standard InChI is InChI=1S/C23H33N3O4.C17H23N3O2/c1-22(2,3)29-20(27)16-26-10-9-17-15-18(7-8-19(17)26)24-11-13-25(14-12-24)21(28)30-23(4,5)6;1-17(2,3)22-16(21)20-10-8-19(9-11-20)14-4-5-15-13(12-14)6-7-18-15/h7-10,15H,11-14,16H2,1-6H3;4-7,12,18H,8-11H2,1-3H3. The number of rotatable bonds is 4. The molecule has 2 fully saturated rings. The summed E-state index contributed by atoms with van der Waals surface area (Å²) in [4.78, 5) is 47.8. The number of amides is 2. The molecule has 0 unspecified atom stereocenters. The molecule has 0 bridgehead atoms. The van der Waals surface area contributed by atoms with Gasteiger partial charge in [0.2, 0.25) is 0 Å². The summed E-state index contributed by atoms with van der Waals surface area (Å²) in [6, 6.07) is 16.7. The van der Waals surface area contributed by atoms with Gasteiger partial charge in [-0.25, -0.2) is 9.59 Å². The van der Waals surface area contributed by atoms with Gasteiger partial charge >= 0.3 is 18.2 Å². The second-order valence-corrected chi connectivity index (χ2v) is 16.4. The lowest BCUT2D eigenvalue weighted by molar-refractivity contribution is -0.155. The highest BCUT2D eigenvalue weighted by Gasteiger charge is 2.27. The minimum absolute atomic E-state index is 0.189. The van der Waals surface area contributed by atoms with Crippen LogP contribution in [0.1, 0.15) is 62.3 Å². The van der Waals surface area contributed by atoms with Crippen molar-refractivity contribution in [1.82, 2.24) is 19.4 Å². The van der Waals surface area contributed by atoms with E-state index in [2.05, 4.69) is 51.2 Å². The smallest absolute Gasteiger partial charge is 0.410 e. The summed E-state index contributed by atoms with van der Waals surface area (Å²) in [5.74, 6) is -0.248. The molecule has 2 aliphatic rings. The first kappa shape index (κ1) is 38.4. The topological polar surface area (TPSA) is 113 Å². The van der Waals surface area contributed by atoms with Crippen LogP contribution < -0.4 is 9.80 Å². The highest BCUT2D eigenvalue weighted by Crippen LogP contribution is 2.26. The average Bonchev–Trinajstić information content (AvgIpc) is 3.69. The minimum Gasteiger partial charge on any atom is -0.459 e. The van der Waals surface area contributed by atoms with E-state index in [1.807, 2.05) is 91.4 Å². The van der Waals surface area contributed by atoms with Crippen LogP contribution in [-0.4, -0.2) is 107 Å². The maximum absolute atomic E-state index is 12.3. The molecule has 2 aliphatic heterocycles. The third-order valence-electron chi connectivity index (χ3n) is 8.60. The number of esters is 1. The van der Waals surface area contributed by atoms with Crippen LogP contribution in [0, 0.1) is 0 Å². The maximum Gasteiger partial charge on any atom is 0.410 e. The molecule has 0 radical (unpaired) electrons. The first-order valence-electron chi connectivity index (χ1n) is 18.2. The van der Waals surface area contributed by atoms with Crippen LogP contribution in [0.2, 0.25) is 0 Å². The number of aromatic nitrogens is 2. The Hall–Kier alpha value is -4.87. The predicted molar refractivity (Wildman–Crippen MR) is 206 cm³/mol. The van der Waals surface area contributed by atoms with Crippen molar-refractivity contribution in [3.05, 3.63) is 60.9 Å². The Morgan fingerprint density at radius 3 is 1.58 bits per heavy atom. The van der Waals surface area contributed by atoms with Gasteiger partial charge in [0, 0.05) is 97.9 Å². The Balaban J connectivity index is 0.000000210. The molecule has 0 atom stereocenters. The third-order valence-corrected chi connectivity index (χ3v) is 8.60. The van der Waals surface area contributed by atoms with Gasteiger partial charge in [-0.1, -0.05) is 0 Å². The lowest BCUT2D eigenvalue weighted by Crippen LogP contribution is -2.50. The zero-order chi connectivity index (χ0) is 37.8. The summed E-state index contributed by atoms with van der Waals surface area (Å²) in [6.45, 7) is 22.9. The summed E-state index contributed by atoms with van der Waals surface area (Å²) in [5, 5.41) is 2.29. The van der Waals surface area contributed by atoms with E-state index in [-0.39, 0.29) is 24.7 Å². The Morgan fingerprint density at radius 1 is 0.596 bits per heavy atom. The number of hydrogen-bond donors (Lipinski definition) is 1. The summed E-state index contributed by atoms with van der Waals surface area (Å²) in [5.41, 5.74) is 3.05. The summed E-state index contributed by atoms with van der Waals surface area (Å²) >= 11 is 0. The molecule has 0 aliphatic carbocycles. The molecule has 52 heavy (non-hydrogen) atoms. The molecule has 4 heterocycles. The number of benzene rings is 2. The van der Waals surface area contributed by atoms with Crippen molar-refractivity contribution in [1.29, 1.82) is 0 Å². The highest BCUT2D eigenvalue weighted by molar-refractivity contribution is 5.86. The number of ether oxygens (including phenoxy) is 3. The lowest BCUT2D eigenvalue weighted by atomic mass is 10.2. The number of hydrogen-bond acceptors (Lipinski definition) is 8. The molecular formula is C40H56N6O6. The molecule has 2 amide bonds. The molecule has 0 spiro atoms. The molecule has 6 rings (SSSR count). The molecule has 2 saturated heterocycles. The van der Waals surface area contributed by atoms with E-state index in [0.717, 1.165) is 48.3 Å². The van der Waals surface area contributed by atoms with Gasteiger partial charge in [0.05, 0.1) is 0 Å². The van der Waals surface area contributed by atoms with Crippen molar-refractivity contribution in [3.8, 4) is 0 Å². The molecule has 0 saturated carbocycles. The summed E-state index contributed by atoms with van der Waals surface area (Å²) in [7, 11) is 0. The molecule has 12 nitrogen and oxygen atoms in total. The molecule has 2 aromatic heterocycles. The monoisotopic (exact) mass is 716 g/mol. The number of carbonyl (C=O) groups excluding carboxylic acids is 3. The summed E-state index contributed by atoms with van der Waals surface area (Å²) in [6.07, 6.45) is 3.40. The fraction of sp³-hybridized carbons (Fsp3) is 0.525. The Morgan fingerprint density at radius 2 is 1.08 bits per heavy atom. The maximum atomic E-state index is 12.3. The van der Waals surface area contributed by atoms with Crippen LogP contribution in [0.25, 0.3) is 21.8 Å². The van der Waals surface area contributed by atoms with E-state index in [1.54, 1.807) is 9.80 Å². The van der Waals surface area contributed by atoms with E-state index in [0.29, 0.717) is 26.2 Å². The first-order valence-corrected chi connectivity index (χ1v) is 18.2. The van der Waals surface area contributed by atoms with Crippen LogP contribution >= 0.6 is 0 Å². The number of nitrogens with one attached hydrogen (secondary N) is 1. The van der Waals surface area contributed by atoms with Gasteiger partial charge in [-0.3, -0.25) is 4.79 Å². The van der Waals surface area contributed by atoms with Crippen LogP contribution in [0.3, 0.4) is 0 Å². The number of aromatic amines is 1. The number of fused-ring (bicyclic) bond motifs is 2. The third kappa shape index (κ3) is 10.6. The molecule has 2 aromatic carbocycles. The van der Waals surface area contributed by atoms with Gasteiger partial charge < -0.3 is 43.4 Å². The Kier molecular flexibility index (Phi) is 11.4. The van der Waals surface area contributed by atoms with Crippen LogP contribution in [-0.2, 0) is 25.5 Å². The van der Waals surface area contributed by atoms with Gasteiger partial charge in [-0.15, -0.1) is 0 Å². The van der Waals surface area contributed by atoms with E-state index >= 15 is 0 Å². The number of nitrogens with zero attached hydrogens (tertiary/aromatic N) is 5. The zero-order valence-corrected chi connectivity index (χ0v) is 32.3. The van der Waals surface area contributed by atoms with E-state index < -0.39 is 16.8 Å². The van der Waals surface area contributed by atoms with Crippen molar-refractivity contribution in [2.24, 2.45) is 0 Å². The fourth-order valence-corrected chi connectivity index (χ4v) is 6.22. The van der Waals surface area contributed by atoms with Crippen molar-refractivity contribution in [2.75, 3.05) is 62.2 Å². The number of carbonyl (C=O) groups is 3. The van der Waals surface area contributed by atoms with Gasteiger partial charge in [-0.05, 0) is 111 Å². The molecule has 4 aromatic rings. The normalized spacial score (nSPS) is 15.7. The van der Waals surface area contributed by atoms with E-state index in [1.165, 1.54) is 11.1 Å². The fourth-order valence-electron chi connectivity index (χ4n) is 6.22. The Bertz CT molecular complexity index is 1840. The van der Waals surface area contributed by atoms with Crippen LogP contribution in [0.4, 0.5) is 21.0 Å². The second-order valence-electron chi connectivity index (χ2n) is 16.4. The largest absolute Gasteiger partial charge is 0.459 e. The first-order chi connectivity index (χ1) is 24.3. The van der Waals surface area contributed by atoms with Crippen LogP contribution in [0.15, 0.2) is 60.9 Å². The van der Waals surface area contributed by atoms with Crippen molar-refractivity contribution < 1.29 is 28.6 Å². The number of H-pyrrole nitrogens is 1. The molecule has 12 heteroatoms. The molecular weight excluding hydrogens is 660 g/mol. The highest BCUT2D eigenvalue weighted by atomic mass is 16.6. The second kappa shape index (κ2) is 15.4. The quantitative estimate of drug-likeness (QED) is 0.174. The summed E-state index contributed by atoms with van der Waals surface area (Å²) < 4.78 is 18.2. The van der Waals surface area contributed by atoms with Gasteiger partial charge in [-0.2, -0.15) is 0 Å². The molecule has 1 N–H and O–H groups in total. The Labute approximate surface area is 307 Å². The van der Waals surface area contributed by atoms with Gasteiger partial charge in [0.1, 0.15) is 23.3 Å². The van der Waals surface area contributed by atoms with E-state index in [9.17, 15) is 14.4 Å². The zero-order valence-electron chi connectivity index (χ0n) is 32.3. The van der Waals surface area contributed by atoms with Gasteiger partial charge in [0.15, 0.2) is 0 Å². The van der Waals surface area contributed by atoms with Crippen molar-refractivity contribution in [2.45, 2.75) is 85.7 Å². The predicted octanol–water partition coefficient (Wildman–Crippen LogP) is 7.27. The SMILES string of the molecule is CC(C)(C)OC(=O)Cn1ccc2cc(N3CCN(C(=O)OC(C)(C)C)CC3)ccc21.CC(C)(C)OC(=O)N1CCN(c2ccc3[nH]ccc3c2)CC1. The van der Waals surface area contributed by atoms with E-state index in [4.69, 9.17) is 14.2 Å². The number of anilines is 2. The lowest BCUT2D eigenvalue weighted by Gasteiger charge is -2.36. The van der Waals surface area contributed by atoms with Crippen molar-refractivity contribution >= 4 is 51.3 Å².